The van der Waals surface area contributed by atoms with Gasteiger partial charge in [0.1, 0.15) is 18.8 Å². The first-order chi connectivity index (χ1) is 17.2. The van der Waals surface area contributed by atoms with Crippen LogP contribution in [-0.4, -0.2) is 16.1 Å². The van der Waals surface area contributed by atoms with Gasteiger partial charge in [0.25, 0.3) is 0 Å². The third kappa shape index (κ3) is 3.95. The number of rotatable bonds is 5. The molecule has 0 saturated carbocycles. The molecular weight excluding hydrogens is 434 g/mol. The van der Waals surface area contributed by atoms with Gasteiger partial charge < -0.3 is 18.9 Å². The number of aryl methyl sites for hydroxylation is 1. The second-order valence-corrected chi connectivity index (χ2v) is 9.63. The highest BCUT2D eigenvalue weighted by atomic mass is 16.5. The van der Waals surface area contributed by atoms with Crippen LogP contribution in [0, 0.1) is 13.8 Å². The Labute approximate surface area is 206 Å². The molecule has 0 saturated heterocycles. The summed E-state index contributed by atoms with van der Waals surface area (Å²) in [6.07, 6.45) is 19.8. The third-order valence-corrected chi connectivity index (χ3v) is 7.64. The van der Waals surface area contributed by atoms with Crippen molar-refractivity contribution in [2.45, 2.75) is 52.1 Å². The van der Waals surface area contributed by atoms with Crippen molar-refractivity contribution in [3.05, 3.63) is 107 Å². The summed E-state index contributed by atoms with van der Waals surface area (Å²) in [5.74, 6) is 0.828. The molecule has 2 aromatic heterocycles. The molecule has 178 valence electrons. The number of nitrogens with zero attached hydrogens (tertiary/aromatic N) is 3. The summed E-state index contributed by atoms with van der Waals surface area (Å²) in [6, 6.07) is 8.78. The summed E-state index contributed by atoms with van der Waals surface area (Å²) in [7, 11) is 0. The molecule has 5 heteroatoms. The van der Waals surface area contributed by atoms with Gasteiger partial charge in [-0.15, -0.1) is 0 Å². The normalized spacial score (nSPS) is 17.9. The lowest BCUT2D eigenvalue weighted by atomic mass is 9.96. The van der Waals surface area contributed by atoms with Crippen LogP contribution in [0.2, 0.25) is 0 Å². The maximum atomic E-state index is 6.04. The number of fused-ring (bicyclic) bond motifs is 2. The largest absolute Gasteiger partial charge is 0.466 e. The van der Waals surface area contributed by atoms with Crippen LogP contribution in [0.1, 0.15) is 47.7 Å². The monoisotopic (exact) mass is 465 g/mol. The Hall–Kier alpha value is -3.73. The van der Waals surface area contributed by atoms with Gasteiger partial charge >= 0.3 is 0 Å². The maximum absolute atomic E-state index is 6.04. The van der Waals surface area contributed by atoms with Gasteiger partial charge in [-0.25, -0.2) is 0 Å². The topological polar surface area (TPSA) is 39.5 Å². The summed E-state index contributed by atoms with van der Waals surface area (Å²) in [5, 5.41) is 1.20. The van der Waals surface area contributed by atoms with E-state index >= 15 is 0 Å². The molecule has 1 unspecified atom stereocenters. The van der Waals surface area contributed by atoms with Crippen molar-refractivity contribution < 1.29 is 9.47 Å². The number of allylic oxidation sites excluding steroid dienone is 5. The molecule has 35 heavy (non-hydrogen) atoms. The number of anilines is 1. The fourth-order valence-electron chi connectivity index (χ4n) is 5.66. The molecular formula is C30H31N3O2. The average Bonchev–Trinajstić information content (AvgIpc) is 3.18. The molecule has 0 radical (unpaired) electrons. The SMILES string of the molecule is Cc1c(C)n(C(CC2=CC=CCC2)C2=COC=CO2)c2c(N3CCc4ccccc4C3)cncc12. The van der Waals surface area contributed by atoms with Gasteiger partial charge in [0.2, 0.25) is 0 Å². The Morgan fingerprint density at radius 3 is 2.74 bits per heavy atom. The van der Waals surface area contributed by atoms with Gasteiger partial charge in [0, 0.05) is 30.4 Å². The van der Waals surface area contributed by atoms with Crippen molar-refractivity contribution in [3.8, 4) is 0 Å². The highest BCUT2D eigenvalue weighted by Gasteiger charge is 2.29. The molecule has 0 spiro atoms. The third-order valence-electron chi connectivity index (χ3n) is 7.64. The quantitative estimate of drug-likeness (QED) is 0.416. The molecule has 1 aliphatic carbocycles. The molecule has 3 aromatic rings. The zero-order valence-electron chi connectivity index (χ0n) is 20.4. The van der Waals surface area contributed by atoms with E-state index in [-0.39, 0.29) is 6.04 Å². The Kier molecular flexibility index (Phi) is 5.69. The van der Waals surface area contributed by atoms with E-state index in [0.29, 0.717) is 0 Å². The van der Waals surface area contributed by atoms with Gasteiger partial charge in [0.15, 0.2) is 5.76 Å². The van der Waals surface area contributed by atoms with Crippen molar-refractivity contribution >= 4 is 16.6 Å². The molecule has 0 fully saturated rings. The van der Waals surface area contributed by atoms with E-state index < -0.39 is 0 Å². The van der Waals surface area contributed by atoms with Crippen LogP contribution in [-0.2, 0) is 22.4 Å². The molecule has 0 amide bonds. The van der Waals surface area contributed by atoms with Gasteiger partial charge in [-0.3, -0.25) is 4.98 Å². The molecule has 2 aliphatic heterocycles. The Balaban J connectivity index is 1.50. The van der Waals surface area contributed by atoms with E-state index in [9.17, 15) is 0 Å². The Morgan fingerprint density at radius 1 is 1.06 bits per heavy atom. The van der Waals surface area contributed by atoms with Crippen molar-refractivity contribution in [2.24, 2.45) is 0 Å². The number of hydrogen-bond donors (Lipinski definition) is 0. The van der Waals surface area contributed by atoms with E-state index in [1.165, 1.54) is 44.5 Å². The minimum Gasteiger partial charge on any atom is -0.466 e. The first-order valence-electron chi connectivity index (χ1n) is 12.5. The van der Waals surface area contributed by atoms with Gasteiger partial charge in [-0.05, 0) is 56.2 Å². The van der Waals surface area contributed by atoms with Gasteiger partial charge in [0.05, 0.1) is 23.4 Å². The molecule has 1 aromatic carbocycles. The average molecular weight is 466 g/mol. The standard InChI is InChI=1S/C30H31N3O2/c1-21-22(2)33(27(29-20-34-14-15-35-29)16-23-8-4-3-5-9-23)30-26(21)17-31-18-28(30)32-13-12-24-10-6-7-11-25(24)19-32/h3-4,6-8,10-11,14-15,17-18,20,27H,5,9,12-13,16,19H2,1-2H3. The second kappa shape index (κ2) is 9.14. The van der Waals surface area contributed by atoms with Gasteiger partial charge in [-0.2, -0.15) is 0 Å². The highest BCUT2D eigenvalue weighted by molar-refractivity contribution is 5.95. The molecule has 4 heterocycles. The van der Waals surface area contributed by atoms with E-state index in [0.717, 1.165) is 44.5 Å². The predicted octanol–water partition coefficient (Wildman–Crippen LogP) is 6.78. The van der Waals surface area contributed by atoms with E-state index in [1.807, 2.05) is 12.4 Å². The first kappa shape index (κ1) is 21.8. The lowest BCUT2D eigenvalue weighted by Crippen LogP contribution is -2.31. The molecule has 6 rings (SSSR count). The van der Waals surface area contributed by atoms with Crippen molar-refractivity contribution in [1.29, 1.82) is 0 Å². The molecule has 0 bridgehead atoms. The smallest absolute Gasteiger partial charge is 0.161 e. The summed E-state index contributed by atoms with van der Waals surface area (Å²) in [6.45, 7) is 6.29. The fraction of sp³-hybridized carbons (Fsp3) is 0.300. The number of hydrogen-bond acceptors (Lipinski definition) is 4. The summed E-state index contributed by atoms with van der Waals surface area (Å²) in [5.41, 5.74) is 9.19. The number of benzene rings is 1. The molecule has 5 nitrogen and oxygen atoms in total. The minimum atomic E-state index is -0.00729. The summed E-state index contributed by atoms with van der Waals surface area (Å²) in [4.78, 5) is 7.17. The number of pyridine rings is 1. The summed E-state index contributed by atoms with van der Waals surface area (Å²) >= 11 is 0. The lowest BCUT2D eigenvalue weighted by molar-refractivity contribution is 0.218. The van der Waals surface area contributed by atoms with Crippen molar-refractivity contribution in [2.75, 3.05) is 11.4 Å². The van der Waals surface area contributed by atoms with Crippen molar-refractivity contribution in [3.63, 3.8) is 0 Å². The van der Waals surface area contributed by atoms with Crippen LogP contribution in [0.4, 0.5) is 5.69 Å². The zero-order valence-corrected chi connectivity index (χ0v) is 20.4. The van der Waals surface area contributed by atoms with E-state index in [2.05, 4.69) is 70.8 Å². The van der Waals surface area contributed by atoms with Crippen molar-refractivity contribution in [1.82, 2.24) is 9.55 Å². The summed E-state index contributed by atoms with van der Waals surface area (Å²) < 4.78 is 14.1. The molecule has 3 aliphatic rings. The predicted molar refractivity (Wildman–Crippen MR) is 140 cm³/mol. The number of aromatic nitrogens is 2. The maximum Gasteiger partial charge on any atom is 0.161 e. The van der Waals surface area contributed by atoms with E-state index in [1.54, 1.807) is 18.8 Å². The number of ether oxygens (including phenoxy) is 2. The minimum absolute atomic E-state index is 0.00729. The van der Waals surface area contributed by atoms with Crippen LogP contribution >= 0.6 is 0 Å². The lowest BCUT2D eigenvalue weighted by Gasteiger charge is -2.32. The molecule has 0 N–H and O–H groups in total. The first-order valence-corrected chi connectivity index (χ1v) is 12.5. The van der Waals surface area contributed by atoms with E-state index in [4.69, 9.17) is 9.47 Å². The van der Waals surface area contributed by atoms with Crippen LogP contribution in [0.5, 0.6) is 0 Å². The van der Waals surface area contributed by atoms with Crippen LogP contribution in [0.15, 0.2) is 85.0 Å². The van der Waals surface area contributed by atoms with Crippen LogP contribution in [0.25, 0.3) is 10.9 Å². The van der Waals surface area contributed by atoms with Crippen LogP contribution in [0.3, 0.4) is 0 Å². The van der Waals surface area contributed by atoms with Crippen LogP contribution < -0.4 is 4.90 Å². The van der Waals surface area contributed by atoms with Gasteiger partial charge in [-0.1, -0.05) is 48.1 Å². The highest BCUT2D eigenvalue weighted by Crippen LogP contribution is 2.41. The second-order valence-electron chi connectivity index (χ2n) is 9.63. The Bertz CT molecular complexity index is 1390. The zero-order chi connectivity index (χ0) is 23.8. The molecule has 1 atom stereocenters. The fourth-order valence-corrected chi connectivity index (χ4v) is 5.66. The Morgan fingerprint density at radius 2 is 1.94 bits per heavy atom.